The number of rotatable bonds is 2. The van der Waals surface area contributed by atoms with E-state index in [4.69, 9.17) is 0 Å². The Morgan fingerprint density at radius 1 is 0.941 bits per heavy atom. The third-order valence-corrected chi connectivity index (χ3v) is 6.70. The van der Waals surface area contributed by atoms with Gasteiger partial charge in [-0.05, 0) is 50.9 Å². The monoisotopic (exact) mass is 243 g/mol. The van der Waals surface area contributed by atoms with E-state index in [1.54, 1.807) is 0 Å². The van der Waals surface area contributed by atoms with Gasteiger partial charge in [0.2, 0.25) is 0 Å². The van der Waals surface area contributed by atoms with Crippen molar-refractivity contribution in [3.8, 4) is 0 Å². The van der Waals surface area contributed by atoms with Crippen LogP contribution in [0.5, 0.6) is 0 Å². The molecular weight excluding hydrogens is 222 g/mol. The lowest BCUT2D eigenvalue weighted by molar-refractivity contribution is 0.716. The summed E-state index contributed by atoms with van der Waals surface area (Å²) in [7, 11) is -1.58. The molecule has 1 heterocycles. The third-order valence-electron chi connectivity index (χ3n) is 3.40. The number of allylic oxidation sites excluding steroid dienone is 2. The quantitative estimate of drug-likeness (QED) is 0.717. The van der Waals surface area contributed by atoms with Crippen molar-refractivity contribution in [3.63, 3.8) is 0 Å². The maximum atomic E-state index is 2.47. The minimum absolute atomic E-state index is 1.12. The van der Waals surface area contributed by atoms with Gasteiger partial charge >= 0.3 is 0 Å². The van der Waals surface area contributed by atoms with Crippen LogP contribution in [0.2, 0.25) is 13.1 Å². The van der Waals surface area contributed by atoms with Crippen molar-refractivity contribution in [1.29, 1.82) is 0 Å². The summed E-state index contributed by atoms with van der Waals surface area (Å²) in [5.41, 5.74) is 2.92. The van der Waals surface area contributed by atoms with Gasteiger partial charge in [0.1, 0.15) is 0 Å². The van der Waals surface area contributed by atoms with Gasteiger partial charge in [-0.25, -0.2) is 0 Å². The molecule has 1 aromatic rings. The van der Waals surface area contributed by atoms with Gasteiger partial charge < -0.3 is 4.57 Å². The topological polar surface area (TPSA) is 3.24 Å². The van der Waals surface area contributed by atoms with Gasteiger partial charge in [0.25, 0.3) is 0 Å². The molecule has 1 nitrogen and oxygen atoms in total. The first kappa shape index (κ1) is 12.2. The average molecular weight is 243 g/mol. The zero-order chi connectivity index (χ0) is 12.5. The van der Waals surface area contributed by atoms with Crippen LogP contribution in [-0.2, 0) is 0 Å². The normalized spacial score (nSPS) is 16.6. The van der Waals surface area contributed by atoms with E-state index in [0.29, 0.717) is 0 Å². The molecule has 0 radical (unpaired) electrons. The van der Waals surface area contributed by atoms with Gasteiger partial charge in [-0.3, -0.25) is 0 Å². The summed E-state index contributed by atoms with van der Waals surface area (Å²) < 4.78 is 2.47. The maximum Gasteiger partial charge on any atom is 0.186 e. The summed E-state index contributed by atoms with van der Waals surface area (Å²) in [6, 6.07) is 10.9. The molecule has 0 saturated carbocycles. The summed E-state index contributed by atoms with van der Waals surface area (Å²) in [6.07, 6.45) is 5.77. The fourth-order valence-corrected chi connectivity index (χ4v) is 4.75. The standard InChI is InChI=1S/C15H21NSi/c1-13-10-14(2)12-16(11-13)17(3,4)15-8-6-5-7-9-15/h5-9,11-12H,10H2,1-4H3. The highest BCUT2D eigenvalue weighted by Gasteiger charge is 2.30. The van der Waals surface area contributed by atoms with Crippen molar-refractivity contribution in [1.82, 2.24) is 4.57 Å². The van der Waals surface area contributed by atoms with E-state index in [0.717, 1.165) is 6.42 Å². The van der Waals surface area contributed by atoms with Crippen molar-refractivity contribution in [3.05, 3.63) is 53.9 Å². The molecule has 1 aliphatic heterocycles. The molecule has 1 aromatic carbocycles. The van der Waals surface area contributed by atoms with E-state index in [1.807, 2.05) is 0 Å². The van der Waals surface area contributed by atoms with Crippen LogP contribution < -0.4 is 5.19 Å². The van der Waals surface area contributed by atoms with E-state index >= 15 is 0 Å². The van der Waals surface area contributed by atoms with Gasteiger partial charge in [0, 0.05) is 0 Å². The van der Waals surface area contributed by atoms with Gasteiger partial charge in [-0.2, -0.15) is 0 Å². The predicted octanol–water partition coefficient (Wildman–Crippen LogP) is 3.61. The van der Waals surface area contributed by atoms with Gasteiger partial charge in [0.05, 0.1) is 0 Å². The Morgan fingerprint density at radius 2 is 1.47 bits per heavy atom. The highest BCUT2D eigenvalue weighted by Crippen LogP contribution is 2.23. The molecule has 0 aromatic heterocycles. The molecule has 0 unspecified atom stereocenters. The molecule has 2 heteroatoms. The average Bonchev–Trinajstić information content (AvgIpc) is 2.29. The Balaban J connectivity index is 2.36. The molecule has 0 spiro atoms. The number of benzene rings is 1. The van der Waals surface area contributed by atoms with Gasteiger partial charge in [-0.15, -0.1) is 0 Å². The van der Waals surface area contributed by atoms with Crippen molar-refractivity contribution in [2.75, 3.05) is 0 Å². The van der Waals surface area contributed by atoms with E-state index in [9.17, 15) is 0 Å². The number of hydrogen-bond acceptors (Lipinski definition) is 1. The molecule has 0 aliphatic carbocycles. The largest absolute Gasteiger partial charge is 0.376 e. The van der Waals surface area contributed by atoms with Crippen molar-refractivity contribution in [2.24, 2.45) is 0 Å². The predicted molar refractivity (Wildman–Crippen MR) is 77.5 cm³/mol. The fraction of sp³-hybridized carbons (Fsp3) is 0.333. The zero-order valence-electron chi connectivity index (χ0n) is 11.2. The molecule has 0 fully saturated rings. The summed E-state index contributed by atoms with van der Waals surface area (Å²) in [5, 5.41) is 1.48. The van der Waals surface area contributed by atoms with Crippen LogP contribution in [0.15, 0.2) is 53.9 Å². The minimum atomic E-state index is -1.58. The molecule has 2 rings (SSSR count). The van der Waals surface area contributed by atoms with Crippen molar-refractivity contribution < 1.29 is 0 Å². The molecule has 90 valence electrons. The van der Waals surface area contributed by atoms with Gasteiger partial charge in [0.15, 0.2) is 8.24 Å². The first-order valence-corrected chi connectivity index (χ1v) is 9.13. The SMILES string of the molecule is CC1=CN([Si](C)(C)c2ccccc2)C=C(C)C1. The van der Waals surface area contributed by atoms with E-state index in [1.165, 1.54) is 16.3 Å². The summed E-state index contributed by atoms with van der Waals surface area (Å²) in [5.74, 6) is 0. The van der Waals surface area contributed by atoms with Crippen molar-refractivity contribution in [2.45, 2.75) is 33.4 Å². The fourth-order valence-electron chi connectivity index (χ4n) is 2.36. The van der Waals surface area contributed by atoms with Crippen molar-refractivity contribution >= 4 is 13.4 Å². The lowest BCUT2D eigenvalue weighted by atomic mass is 10.1. The smallest absolute Gasteiger partial charge is 0.186 e. The van der Waals surface area contributed by atoms with E-state index < -0.39 is 8.24 Å². The third kappa shape index (κ3) is 2.52. The molecule has 0 bridgehead atoms. The molecule has 1 aliphatic rings. The molecule has 0 saturated heterocycles. The summed E-state index contributed by atoms with van der Waals surface area (Å²) >= 11 is 0. The second-order valence-corrected chi connectivity index (χ2v) is 9.67. The number of nitrogens with zero attached hydrogens (tertiary/aromatic N) is 1. The maximum absolute atomic E-state index is 2.47. The van der Waals surface area contributed by atoms with Crippen LogP contribution in [0, 0.1) is 0 Å². The summed E-state index contributed by atoms with van der Waals surface area (Å²) in [6.45, 7) is 9.25. The lowest BCUT2D eigenvalue weighted by Crippen LogP contribution is -2.53. The molecule has 0 amide bonds. The Kier molecular flexibility index (Phi) is 3.25. The Morgan fingerprint density at radius 3 is 2.00 bits per heavy atom. The molecular formula is C15H21NSi. The second kappa shape index (κ2) is 4.53. The number of hydrogen-bond donors (Lipinski definition) is 0. The molecule has 17 heavy (non-hydrogen) atoms. The van der Waals surface area contributed by atoms with Crippen LogP contribution in [0.25, 0.3) is 0 Å². The van der Waals surface area contributed by atoms with Crippen LogP contribution in [0.1, 0.15) is 20.3 Å². The Hall–Kier alpha value is -1.28. The first-order valence-electron chi connectivity index (χ1n) is 6.19. The summed E-state index contributed by atoms with van der Waals surface area (Å²) in [4.78, 5) is 0. The highest BCUT2D eigenvalue weighted by molar-refractivity contribution is 6.87. The van der Waals surface area contributed by atoms with E-state index in [2.05, 4.69) is 74.2 Å². The lowest BCUT2D eigenvalue weighted by Gasteiger charge is -2.37. The van der Waals surface area contributed by atoms with Crippen LogP contribution >= 0.6 is 0 Å². The van der Waals surface area contributed by atoms with Crippen LogP contribution in [0.3, 0.4) is 0 Å². The second-order valence-electron chi connectivity index (χ2n) is 5.46. The highest BCUT2D eigenvalue weighted by atomic mass is 28.3. The molecule has 0 N–H and O–H groups in total. The minimum Gasteiger partial charge on any atom is -0.376 e. The molecule has 0 atom stereocenters. The van der Waals surface area contributed by atoms with Crippen LogP contribution in [-0.4, -0.2) is 12.8 Å². The Labute approximate surface area is 106 Å². The first-order chi connectivity index (χ1) is 8.00. The Bertz CT molecular complexity index is 439. The zero-order valence-corrected chi connectivity index (χ0v) is 12.2. The van der Waals surface area contributed by atoms with Gasteiger partial charge in [-0.1, -0.05) is 41.5 Å². The van der Waals surface area contributed by atoms with Crippen LogP contribution in [0.4, 0.5) is 0 Å². The van der Waals surface area contributed by atoms with E-state index in [-0.39, 0.29) is 0 Å².